The summed E-state index contributed by atoms with van der Waals surface area (Å²) in [6.07, 6.45) is 6.31. The fraction of sp³-hybridized carbons (Fsp3) is 0.276. The number of carbonyl (C=O) groups is 2. The number of ether oxygens (including phenoxy) is 2. The van der Waals surface area contributed by atoms with E-state index in [-0.39, 0.29) is 24.3 Å². The number of esters is 1. The van der Waals surface area contributed by atoms with Gasteiger partial charge in [0, 0.05) is 11.1 Å². The van der Waals surface area contributed by atoms with Crippen LogP contribution in [0.5, 0.6) is 5.75 Å². The highest BCUT2D eigenvalue weighted by molar-refractivity contribution is 7.17. The topological polar surface area (TPSA) is 82.5 Å². The normalized spacial score (nSPS) is 12.6. The number of nitrogens with one attached hydrogen (secondary N) is 1. The van der Waals surface area contributed by atoms with Crippen molar-refractivity contribution in [3.63, 3.8) is 0 Å². The molecule has 0 saturated heterocycles. The van der Waals surface area contributed by atoms with E-state index in [0.717, 1.165) is 53.7 Å². The number of carbonyl (C=O) groups excluding carboxylic acids is 2. The van der Waals surface area contributed by atoms with E-state index in [1.165, 1.54) is 11.3 Å². The Hall–Kier alpha value is -3.91. The number of amides is 1. The molecule has 2 aromatic heterocycles. The van der Waals surface area contributed by atoms with Gasteiger partial charge in [-0.25, -0.2) is 9.48 Å². The third-order valence-electron chi connectivity index (χ3n) is 6.24. The van der Waals surface area contributed by atoms with Gasteiger partial charge in [-0.15, -0.1) is 11.3 Å². The molecule has 2 heterocycles. The molecule has 8 heteroatoms. The Labute approximate surface area is 220 Å². The van der Waals surface area contributed by atoms with E-state index in [2.05, 4.69) is 22.5 Å². The molecule has 190 valence electrons. The molecule has 2 aromatic carbocycles. The predicted molar refractivity (Wildman–Crippen MR) is 144 cm³/mol. The van der Waals surface area contributed by atoms with Gasteiger partial charge in [0.25, 0.3) is 5.91 Å². The van der Waals surface area contributed by atoms with E-state index in [4.69, 9.17) is 9.47 Å². The molecule has 5 rings (SSSR count). The summed E-state index contributed by atoms with van der Waals surface area (Å²) in [5, 5.41) is 7.82. The van der Waals surface area contributed by atoms with Gasteiger partial charge < -0.3 is 14.8 Å². The van der Waals surface area contributed by atoms with E-state index in [9.17, 15) is 9.59 Å². The summed E-state index contributed by atoms with van der Waals surface area (Å²) in [6, 6.07) is 19.6. The van der Waals surface area contributed by atoms with Crippen molar-refractivity contribution in [2.45, 2.75) is 45.8 Å². The molecule has 0 bridgehead atoms. The molecule has 4 aromatic rings. The second kappa shape index (κ2) is 11.4. The fourth-order valence-electron chi connectivity index (χ4n) is 4.37. The predicted octanol–water partition coefficient (Wildman–Crippen LogP) is 6.35. The van der Waals surface area contributed by atoms with Crippen LogP contribution in [0, 0.1) is 0 Å². The van der Waals surface area contributed by atoms with Gasteiger partial charge in [0.1, 0.15) is 10.8 Å². The average molecular weight is 516 g/mol. The minimum atomic E-state index is -0.367. The van der Waals surface area contributed by atoms with Gasteiger partial charge in [-0.2, -0.15) is 5.10 Å². The molecule has 1 N–H and O–H groups in total. The molecule has 0 fully saturated rings. The molecule has 1 amide bonds. The van der Waals surface area contributed by atoms with Crippen LogP contribution in [0.25, 0.3) is 11.1 Å². The summed E-state index contributed by atoms with van der Waals surface area (Å²) in [7, 11) is 0. The zero-order chi connectivity index (χ0) is 25.6. The first-order chi connectivity index (χ1) is 18.1. The number of nitrogens with zero attached hydrogens (tertiary/aromatic N) is 2. The molecule has 7 nitrogen and oxygen atoms in total. The molecule has 1 aliphatic rings. The van der Waals surface area contributed by atoms with Gasteiger partial charge in [0.05, 0.1) is 12.2 Å². The number of thiophene rings is 1. The van der Waals surface area contributed by atoms with E-state index in [0.29, 0.717) is 22.9 Å². The highest BCUT2D eigenvalue weighted by atomic mass is 32.1. The van der Waals surface area contributed by atoms with Crippen LogP contribution in [0.4, 0.5) is 5.00 Å². The summed E-state index contributed by atoms with van der Waals surface area (Å²) in [5.41, 5.74) is 4.03. The van der Waals surface area contributed by atoms with Gasteiger partial charge in [-0.05, 0) is 67.0 Å². The van der Waals surface area contributed by atoms with Crippen LogP contribution in [0.2, 0.25) is 0 Å². The van der Waals surface area contributed by atoms with Gasteiger partial charge >= 0.3 is 5.97 Å². The standard InChI is InChI=1S/C29H29N3O4S/c1-2-18-35-29(34)26-23-10-6-7-11-25(23)37-28(26)30-27(33)24-16-17-32(31-24)19-36-22-14-12-21(13-15-22)20-8-4-3-5-9-20/h3-5,8-9,12-17H,2,6-7,10-11,18-19H2,1H3,(H,30,33). The number of rotatable bonds is 9. The molecule has 0 aliphatic heterocycles. The number of aromatic nitrogens is 2. The van der Waals surface area contributed by atoms with Crippen molar-refractivity contribution < 1.29 is 19.1 Å². The Balaban J connectivity index is 1.23. The first-order valence-electron chi connectivity index (χ1n) is 12.6. The lowest BCUT2D eigenvalue weighted by molar-refractivity contribution is 0.0505. The number of hydrogen-bond donors (Lipinski definition) is 1. The molecule has 1 aliphatic carbocycles. The Morgan fingerprint density at radius 2 is 1.76 bits per heavy atom. The SMILES string of the molecule is CCCOC(=O)c1c(NC(=O)c2ccn(COc3ccc(-c4ccccc4)cc3)n2)sc2c1CCCC2. The quantitative estimate of drug-likeness (QED) is 0.263. The lowest BCUT2D eigenvalue weighted by Crippen LogP contribution is -2.17. The van der Waals surface area contributed by atoms with Gasteiger partial charge in [0.2, 0.25) is 0 Å². The van der Waals surface area contributed by atoms with Gasteiger partial charge in [-0.3, -0.25) is 4.79 Å². The Kier molecular flexibility index (Phi) is 7.65. The maximum Gasteiger partial charge on any atom is 0.341 e. The summed E-state index contributed by atoms with van der Waals surface area (Å²) < 4.78 is 12.8. The van der Waals surface area contributed by atoms with Crippen LogP contribution >= 0.6 is 11.3 Å². The lowest BCUT2D eigenvalue weighted by atomic mass is 9.95. The third kappa shape index (κ3) is 5.75. The summed E-state index contributed by atoms with van der Waals surface area (Å²) >= 11 is 1.47. The zero-order valence-corrected chi connectivity index (χ0v) is 21.6. The van der Waals surface area contributed by atoms with Crippen molar-refractivity contribution in [1.82, 2.24) is 9.78 Å². The molecule has 0 atom stereocenters. The minimum Gasteiger partial charge on any atom is -0.471 e. The van der Waals surface area contributed by atoms with Crippen molar-refractivity contribution in [2.75, 3.05) is 11.9 Å². The lowest BCUT2D eigenvalue weighted by Gasteiger charge is -2.12. The Morgan fingerprint density at radius 1 is 1.00 bits per heavy atom. The largest absolute Gasteiger partial charge is 0.471 e. The second-order valence-corrected chi connectivity index (χ2v) is 10.0. The first kappa shape index (κ1) is 24.8. The highest BCUT2D eigenvalue weighted by Crippen LogP contribution is 2.38. The van der Waals surface area contributed by atoms with Crippen LogP contribution in [0.15, 0.2) is 66.9 Å². The number of benzene rings is 2. The highest BCUT2D eigenvalue weighted by Gasteiger charge is 2.28. The summed E-state index contributed by atoms with van der Waals surface area (Å²) in [5.74, 6) is -0.0246. The van der Waals surface area contributed by atoms with Crippen LogP contribution in [0.1, 0.15) is 57.5 Å². The maximum atomic E-state index is 13.0. The van der Waals surface area contributed by atoms with Crippen molar-refractivity contribution in [3.8, 4) is 16.9 Å². The van der Waals surface area contributed by atoms with Crippen LogP contribution < -0.4 is 10.1 Å². The maximum absolute atomic E-state index is 13.0. The molecule has 0 unspecified atom stereocenters. The monoisotopic (exact) mass is 515 g/mol. The van der Waals surface area contributed by atoms with E-state index >= 15 is 0 Å². The van der Waals surface area contributed by atoms with Crippen LogP contribution in [-0.2, 0) is 24.3 Å². The minimum absolute atomic E-state index is 0.167. The van der Waals surface area contributed by atoms with Crippen molar-refractivity contribution in [1.29, 1.82) is 0 Å². The second-order valence-electron chi connectivity index (χ2n) is 8.91. The number of hydrogen-bond acceptors (Lipinski definition) is 6. The average Bonchev–Trinajstić information content (AvgIpc) is 3.56. The molecular weight excluding hydrogens is 486 g/mol. The number of fused-ring (bicyclic) bond motifs is 1. The molecule has 0 spiro atoms. The van der Waals surface area contributed by atoms with Crippen LogP contribution in [0.3, 0.4) is 0 Å². The summed E-state index contributed by atoms with van der Waals surface area (Å²) in [4.78, 5) is 27.0. The number of aryl methyl sites for hydroxylation is 1. The fourth-order valence-corrected chi connectivity index (χ4v) is 5.65. The smallest absolute Gasteiger partial charge is 0.341 e. The van der Waals surface area contributed by atoms with Crippen molar-refractivity contribution in [3.05, 3.63) is 88.6 Å². The third-order valence-corrected chi connectivity index (χ3v) is 7.45. The Bertz CT molecular complexity index is 1380. The van der Waals surface area contributed by atoms with Gasteiger partial charge in [-0.1, -0.05) is 49.4 Å². The van der Waals surface area contributed by atoms with Gasteiger partial charge in [0.15, 0.2) is 12.4 Å². The molecular formula is C29H29N3O4S. The van der Waals surface area contributed by atoms with Crippen LogP contribution in [-0.4, -0.2) is 28.3 Å². The molecule has 0 saturated carbocycles. The first-order valence-corrected chi connectivity index (χ1v) is 13.4. The van der Waals surface area contributed by atoms with E-state index < -0.39 is 0 Å². The van der Waals surface area contributed by atoms with E-state index in [1.54, 1.807) is 16.9 Å². The van der Waals surface area contributed by atoms with Crippen molar-refractivity contribution in [2.24, 2.45) is 0 Å². The molecule has 37 heavy (non-hydrogen) atoms. The Morgan fingerprint density at radius 3 is 2.54 bits per heavy atom. The van der Waals surface area contributed by atoms with Crippen molar-refractivity contribution >= 4 is 28.2 Å². The zero-order valence-electron chi connectivity index (χ0n) is 20.7. The number of anilines is 1. The summed E-state index contributed by atoms with van der Waals surface area (Å²) in [6.45, 7) is 2.48. The van der Waals surface area contributed by atoms with E-state index in [1.807, 2.05) is 49.4 Å². The molecule has 0 radical (unpaired) electrons.